The summed E-state index contributed by atoms with van der Waals surface area (Å²) in [5.74, 6) is 0. The fourth-order valence-corrected chi connectivity index (χ4v) is 3.29. The van der Waals surface area contributed by atoms with Crippen molar-refractivity contribution in [2.75, 3.05) is 6.54 Å². The minimum atomic E-state index is 0.312. The number of hydrogen-bond donors (Lipinski definition) is 1. The van der Waals surface area contributed by atoms with Crippen LogP contribution in [0.15, 0.2) is 0 Å². The molecule has 1 aromatic heterocycles. The molecular formula is C11H18N2S. The maximum Gasteiger partial charge on any atom is 0.0931 e. The average Bonchev–Trinajstić information content (AvgIpc) is 2.65. The molecule has 0 amide bonds. The lowest BCUT2D eigenvalue weighted by atomic mass is 9.91. The Hall–Kier alpha value is -0.410. The van der Waals surface area contributed by atoms with Crippen LogP contribution in [0.25, 0.3) is 0 Å². The number of aromatic nitrogens is 1. The van der Waals surface area contributed by atoms with Gasteiger partial charge >= 0.3 is 0 Å². The molecule has 3 heteroatoms. The van der Waals surface area contributed by atoms with Crippen molar-refractivity contribution in [3.05, 3.63) is 15.6 Å². The van der Waals surface area contributed by atoms with Crippen LogP contribution in [0.4, 0.5) is 0 Å². The molecule has 2 rings (SSSR count). The third-order valence-electron chi connectivity index (χ3n) is 2.95. The number of aryl methyl sites for hydroxylation is 2. The molecule has 0 atom stereocenters. The van der Waals surface area contributed by atoms with Gasteiger partial charge in [-0.3, -0.25) is 0 Å². The van der Waals surface area contributed by atoms with Crippen LogP contribution in [0.2, 0.25) is 0 Å². The van der Waals surface area contributed by atoms with Gasteiger partial charge in [-0.2, -0.15) is 0 Å². The first kappa shape index (κ1) is 10.1. The van der Waals surface area contributed by atoms with Crippen LogP contribution in [0.5, 0.6) is 0 Å². The zero-order chi connectivity index (χ0) is 10.2. The van der Waals surface area contributed by atoms with E-state index >= 15 is 0 Å². The van der Waals surface area contributed by atoms with Crippen LogP contribution < -0.4 is 5.73 Å². The number of nitrogens with two attached hydrogens (primary N) is 1. The van der Waals surface area contributed by atoms with E-state index in [1.54, 1.807) is 0 Å². The van der Waals surface area contributed by atoms with Gasteiger partial charge in [0.1, 0.15) is 0 Å². The summed E-state index contributed by atoms with van der Waals surface area (Å²) in [5.41, 5.74) is 7.17. The van der Waals surface area contributed by atoms with Crippen molar-refractivity contribution in [2.24, 2.45) is 5.73 Å². The van der Waals surface area contributed by atoms with E-state index in [-0.39, 0.29) is 0 Å². The maximum atomic E-state index is 5.50. The molecule has 0 saturated heterocycles. The molecule has 0 aromatic carbocycles. The van der Waals surface area contributed by atoms with E-state index in [9.17, 15) is 0 Å². The van der Waals surface area contributed by atoms with Crippen molar-refractivity contribution in [1.29, 1.82) is 0 Å². The molecule has 1 aliphatic rings. The first-order valence-electron chi connectivity index (χ1n) is 5.32. The maximum absolute atomic E-state index is 5.50. The summed E-state index contributed by atoms with van der Waals surface area (Å²) in [5, 5.41) is 1.29. The van der Waals surface area contributed by atoms with E-state index in [2.05, 4.69) is 13.8 Å². The summed E-state index contributed by atoms with van der Waals surface area (Å²) in [6, 6.07) is 0. The molecule has 0 fully saturated rings. The molecule has 1 aromatic rings. The van der Waals surface area contributed by atoms with Gasteiger partial charge in [0.2, 0.25) is 0 Å². The van der Waals surface area contributed by atoms with E-state index < -0.39 is 0 Å². The van der Waals surface area contributed by atoms with Crippen molar-refractivity contribution < 1.29 is 0 Å². The molecule has 0 bridgehead atoms. The monoisotopic (exact) mass is 210 g/mol. The fraction of sp³-hybridized carbons (Fsp3) is 0.727. The summed E-state index contributed by atoms with van der Waals surface area (Å²) in [6.45, 7) is 5.37. The van der Waals surface area contributed by atoms with Gasteiger partial charge in [0.05, 0.1) is 10.7 Å². The standard InChI is InChI=1S/C11H18N2S/c1-11(2)6-5-8-10(11)13-9(14-8)4-3-7-12/h3-7,12H2,1-2H3. The quantitative estimate of drug-likeness (QED) is 0.831. The number of rotatable bonds is 3. The smallest absolute Gasteiger partial charge is 0.0931 e. The minimum absolute atomic E-state index is 0.312. The molecular weight excluding hydrogens is 192 g/mol. The van der Waals surface area contributed by atoms with Gasteiger partial charge in [0.15, 0.2) is 0 Å². The highest BCUT2D eigenvalue weighted by atomic mass is 32.1. The van der Waals surface area contributed by atoms with Crippen LogP contribution in [0.3, 0.4) is 0 Å². The fourth-order valence-electron chi connectivity index (χ4n) is 2.00. The second-order valence-electron chi connectivity index (χ2n) is 4.66. The zero-order valence-corrected chi connectivity index (χ0v) is 9.78. The summed E-state index contributed by atoms with van der Waals surface area (Å²) in [4.78, 5) is 6.26. The van der Waals surface area contributed by atoms with Gasteiger partial charge in [0.25, 0.3) is 0 Å². The lowest BCUT2D eigenvalue weighted by Crippen LogP contribution is -2.13. The highest BCUT2D eigenvalue weighted by Gasteiger charge is 2.33. The largest absolute Gasteiger partial charge is 0.330 e. The third-order valence-corrected chi connectivity index (χ3v) is 4.13. The Morgan fingerprint density at radius 1 is 1.50 bits per heavy atom. The van der Waals surface area contributed by atoms with E-state index in [1.165, 1.54) is 28.4 Å². The van der Waals surface area contributed by atoms with Gasteiger partial charge in [-0.05, 0) is 25.8 Å². The topological polar surface area (TPSA) is 38.9 Å². The predicted molar refractivity (Wildman–Crippen MR) is 60.8 cm³/mol. The van der Waals surface area contributed by atoms with Gasteiger partial charge in [-0.15, -0.1) is 11.3 Å². The SMILES string of the molecule is CC1(C)CCc2sc(CCCN)nc21. The average molecular weight is 210 g/mol. The van der Waals surface area contributed by atoms with Crippen molar-refractivity contribution in [3.63, 3.8) is 0 Å². The summed E-state index contributed by atoms with van der Waals surface area (Å²) in [7, 11) is 0. The molecule has 2 nitrogen and oxygen atoms in total. The molecule has 0 radical (unpaired) electrons. The minimum Gasteiger partial charge on any atom is -0.330 e. The lowest BCUT2D eigenvalue weighted by Gasteiger charge is -2.15. The number of nitrogens with zero attached hydrogens (tertiary/aromatic N) is 1. The lowest BCUT2D eigenvalue weighted by molar-refractivity contribution is 0.508. The van der Waals surface area contributed by atoms with Gasteiger partial charge in [-0.25, -0.2) is 4.98 Å². The van der Waals surface area contributed by atoms with Crippen LogP contribution in [-0.4, -0.2) is 11.5 Å². The molecule has 78 valence electrons. The summed E-state index contributed by atoms with van der Waals surface area (Å²) < 4.78 is 0. The molecule has 1 heterocycles. The Morgan fingerprint density at radius 3 is 2.93 bits per heavy atom. The van der Waals surface area contributed by atoms with Gasteiger partial charge < -0.3 is 5.73 Å². The third kappa shape index (κ3) is 1.71. The summed E-state index contributed by atoms with van der Waals surface area (Å²) in [6.07, 6.45) is 4.61. The molecule has 14 heavy (non-hydrogen) atoms. The summed E-state index contributed by atoms with van der Waals surface area (Å²) >= 11 is 1.90. The predicted octanol–water partition coefficient (Wildman–Crippen LogP) is 2.26. The Balaban J connectivity index is 2.18. The highest BCUT2D eigenvalue weighted by molar-refractivity contribution is 7.11. The van der Waals surface area contributed by atoms with Crippen molar-refractivity contribution in [2.45, 2.75) is 44.9 Å². The van der Waals surface area contributed by atoms with Gasteiger partial charge in [-0.1, -0.05) is 13.8 Å². The number of thiazole rings is 1. The second-order valence-corrected chi connectivity index (χ2v) is 5.82. The second kappa shape index (κ2) is 3.63. The van der Waals surface area contributed by atoms with E-state index in [0.29, 0.717) is 5.41 Å². The van der Waals surface area contributed by atoms with E-state index in [1.807, 2.05) is 11.3 Å². The molecule has 2 N–H and O–H groups in total. The van der Waals surface area contributed by atoms with Crippen molar-refractivity contribution in [1.82, 2.24) is 4.98 Å². The molecule has 0 saturated carbocycles. The van der Waals surface area contributed by atoms with Crippen LogP contribution in [0, 0.1) is 0 Å². The normalized spacial score (nSPS) is 18.5. The molecule has 0 unspecified atom stereocenters. The highest BCUT2D eigenvalue weighted by Crippen LogP contribution is 2.40. The molecule has 0 spiro atoms. The number of hydrogen-bond acceptors (Lipinski definition) is 3. The van der Waals surface area contributed by atoms with E-state index in [4.69, 9.17) is 10.7 Å². The van der Waals surface area contributed by atoms with Crippen LogP contribution in [-0.2, 0) is 18.3 Å². The van der Waals surface area contributed by atoms with Crippen LogP contribution >= 0.6 is 11.3 Å². The Kier molecular flexibility index (Phi) is 2.62. The number of fused-ring (bicyclic) bond motifs is 1. The Labute approximate surface area is 89.5 Å². The van der Waals surface area contributed by atoms with Gasteiger partial charge in [0, 0.05) is 16.7 Å². The zero-order valence-electron chi connectivity index (χ0n) is 8.97. The van der Waals surface area contributed by atoms with E-state index in [0.717, 1.165) is 19.4 Å². The van der Waals surface area contributed by atoms with Crippen molar-refractivity contribution >= 4 is 11.3 Å². The van der Waals surface area contributed by atoms with Crippen LogP contribution in [0.1, 0.15) is 42.3 Å². The first-order chi connectivity index (χ1) is 6.63. The molecule has 1 aliphatic carbocycles. The Bertz CT molecular complexity index is 328. The van der Waals surface area contributed by atoms with Crippen molar-refractivity contribution in [3.8, 4) is 0 Å². The first-order valence-corrected chi connectivity index (χ1v) is 6.14. The Morgan fingerprint density at radius 2 is 2.29 bits per heavy atom. The molecule has 0 aliphatic heterocycles.